The number of hydrogen-bond acceptors (Lipinski definition) is 6. The smallest absolute Gasteiger partial charge is 0.0995 e. The molecule has 0 bridgehead atoms. The third-order valence-electron chi connectivity index (χ3n) is 2.27. The summed E-state index contributed by atoms with van der Waals surface area (Å²) in [7, 11) is 0. The lowest BCUT2D eigenvalue weighted by atomic mass is 10.5. The van der Waals surface area contributed by atoms with E-state index in [4.69, 9.17) is 0 Å². The van der Waals surface area contributed by atoms with Crippen LogP contribution in [0.4, 0.5) is 0 Å². The van der Waals surface area contributed by atoms with Crippen LogP contribution in [0, 0.1) is 0 Å². The largest absolute Gasteiger partial charge is 0.263 e. The Morgan fingerprint density at radius 3 is 2.28 bits per heavy atom. The van der Waals surface area contributed by atoms with Crippen molar-refractivity contribution in [3.8, 4) is 0 Å². The van der Waals surface area contributed by atoms with Crippen molar-refractivity contribution in [2.24, 2.45) is 0 Å². The van der Waals surface area contributed by atoms with Crippen LogP contribution in [0.5, 0.6) is 0 Å². The third-order valence-corrected chi connectivity index (χ3v) is 3.86. The van der Waals surface area contributed by atoms with E-state index in [9.17, 15) is 0 Å². The van der Waals surface area contributed by atoms with Crippen molar-refractivity contribution >= 4 is 43.1 Å². The van der Waals surface area contributed by atoms with E-state index in [1.54, 1.807) is 41.3 Å². The summed E-state index contributed by atoms with van der Waals surface area (Å²) >= 11 is 3.25. The molecule has 4 aromatic rings. The maximum atomic E-state index is 4.10. The molecule has 6 heteroatoms. The van der Waals surface area contributed by atoms with E-state index in [-0.39, 0.29) is 0 Å². The maximum Gasteiger partial charge on any atom is 0.0995 e. The van der Waals surface area contributed by atoms with Gasteiger partial charge in [-0.3, -0.25) is 9.97 Å². The van der Waals surface area contributed by atoms with E-state index < -0.39 is 0 Å². The van der Waals surface area contributed by atoms with Crippen LogP contribution in [0.3, 0.4) is 0 Å². The Bertz CT molecular complexity index is 636. The molecule has 0 spiro atoms. The number of thiazole rings is 2. The Balaban J connectivity index is 0.000000111. The van der Waals surface area contributed by atoms with Gasteiger partial charge in [0.25, 0.3) is 0 Å². The quantitative estimate of drug-likeness (QED) is 0.492. The van der Waals surface area contributed by atoms with Gasteiger partial charge in [0.05, 0.1) is 37.7 Å². The number of aromatic nitrogens is 4. The first-order chi connectivity index (χ1) is 8.93. The predicted octanol–water partition coefficient (Wildman–Crippen LogP) is 3.38. The van der Waals surface area contributed by atoms with Gasteiger partial charge in [-0.25, -0.2) is 9.97 Å². The molecule has 0 unspecified atom stereocenters. The summed E-state index contributed by atoms with van der Waals surface area (Å²) in [5.74, 6) is 0. The van der Waals surface area contributed by atoms with Gasteiger partial charge in [0.1, 0.15) is 0 Å². The summed E-state index contributed by atoms with van der Waals surface area (Å²) < 4.78 is 2.35. The molecule has 0 radical (unpaired) electrons. The van der Waals surface area contributed by atoms with E-state index in [0.29, 0.717) is 0 Å². The second kappa shape index (κ2) is 5.16. The molecule has 4 rings (SSSR count). The summed E-state index contributed by atoms with van der Waals surface area (Å²) in [6, 6.07) is 3.87. The molecule has 0 aliphatic rings. The average molecular weight is 272 g/mol. The molecule has 4 nitrogen and oxygen atoms in total. The van der Waals surface area contributed by atoms with Gasteiger partial charge in [0.2, 0.25) is 0 Å². The second-order valence-corrected chi connectivity index (χ2v) is 5.16. The molecular formula is C12H8N4S2. The van der Waals surface area contributed by atoms with E-state index in [2.05, 4.69) is 19.9 Å². The van der Waals surface area contributed by atoms with Crippen molar-refractivity contribution in [2.75, 3.05) is 0 Å². The van der Waals surface area contributed by atoms with Gasteiger partial charge in [0, 0.05) is 18.6 Å². The fraction of sp³-hybridized carbons (Fsp3) is 0. The van der Waals surface area contributed by atoms with Gasteiger partial charge in [-0.2, -0.15) is 0 Å². The molecule has 88 valence electrons. The topological polar surface area (TPSA) is 51.6 Å². The minimum atomic E-state index is 0.988. The predicted molar refractivity (Wildman–Crippen MR) is 74.8 cm³/mol. The highest BCUT2D eigenvalue weighted by Crippen LogP contribution is 2.14. The van der Waals surface area contributed by atoms with Crippen LogP contribution in [0.15, 0.2) is 47.9 Å². The average Bonchev–Trinajstić information content (AvgIpc) is 3.08. The monoisotopic (exact) mass is 272 g/mol. The summed E-state index contributed by atoms with van der Waals surface area (Å²) in [5, 5.41) is 0. The highest BCUT2D eigenvalue weighted by atomic mass is 32.1. The number of fused-ring (bicyclic) bond motifs is 2. The normalized spacial score (nSPS) is 10.2. The summed E-state index contributed by atoms with van der Waals surface area (Å²) in [6.07, 6.45) is 7.13. The summed E-state index contributed by atoms with van der Waals surface area (Å²) in [4.78, 5) is 16.1. The van der Waals surface area contributed by atoms with Gasteiger partial charge in [0.15, 0.2) is 0 Å². The van der Waals surface area contributed by atoms with Crippen molar-refractivity contribution < 1.29 is 0 Å². The van der Waals surface area contributed by atoms with Crippen LogP contribution in [-0.4, -0.2) is 19.9 Å². The van der Waals surface area contributed by atoms with Gasteiger partial charge >= 0.3 is 0 Å². The molecule has 0 fully saturated rings. The molecule has 4 aromatic heterocycles. The highest BCUT2D eigenvalue weighted by Gasteiger charge is 1.91. The highest BCUT2D eigenvalue weighted by molar-refractivity contribution is 7.17. The lowest BCUT2D eigenvalue weighted by molar-refractivity contribution is 1.34. The lowest BCUT2D eigenvalue weighted by Gasteiger charge is -1.80. The Kier molecular flexibility index (Phi) is 3.20. The molecule has 0 amide bonds. The van der Waals surface area contributed by atoms with E-state index >= 15 is 0 Å². The van der Waals surface area contributed by atoms with Crippen molar-refractivity contribution in [3.63, 3.8) is 0 Å². The fourth-order valence-corrected chi connectivity index (χ4v) is 2.71. The number of hydrogen-bond donors (Lipinski definition) is 0. The Hall–Kier alpha value is -1.92. The van der Waals surface area contributed by atoms with E-state index in [1.165, 1.54) is 4.70 Å². The number of nitrogens with zero attached hydrogens (tertiary/aromatic N) is 4. The molecule has 18 heavy (non-hydrogen) atoms. The molecule has 0 saturated carbocycles. The summed E-state index contributed by atoms with van der Waals surface area (Å²) in [6.45, 7) is 0. The van der Waals surface area contributed by atoms with E-state index in [1.807, 2.05) is 29.4 Å². The Morgan fingerprint density at radius 1 is 0.722 bits per heavy atom. The SMILES string of the molecule is c1cc2ncsc2cn1.c1cc2scnc2cn1. The standard InChI is InChI=1S/2C6H4N2S/c1-2-7-3-5-6(1)9-4-8-5;1-2-7-3-6-5(1)8-4-9-6/h2*1-4H. The minimum Gasteiger partial charge on any atom is -0.263 e. The number of rotatable bonds is 0. The zero-order valence-corrected chi connectivity index (χ0v) is 10.9. The fourth-order valence-electron chi connectivity index (χ4n) is 1.42. The zero-order valence-electron chi connectivity index (χ0n) is 9.22. The van der Waals surface area contributed by atoms with Gasteiger partial charge in [-0.15, -0.1) is 22.7 Å². The Morgan fingerprint density at radius 2 is 1.44 bits per heavy atom. The van der Waals surface area contributed by atoms with Crippen LogP contribution < -0.4 is 0 Å². The van der Waals surface area contributed by atoms with Crippen LogP contribution >= 0.6 is 22.7 Å². The van der Waals surface area contributed by atoms with Crippen LogP contribution in [0.25, 0.3) is 20.4 Å². The maximum absolute atomic E-state index is 4.10. The van der Waals surface area contributed by atoms with Crippen molar-refractivity contribution in [1.29, 1.82) is 0 Å². The van der Waals surface area contributed by atoms with Crippen molar-refractivity contribution in [1.82, 2.24) is 19.9 Å². The van der Waals surface area contributed by atoms with Gasteiger partial charge in [-0.1, -0.05) is 0 Å². The second-order valence-electron chi connectivity index (χ2n) is 3.39. The number of pyridine rings is 2. The summed E-state index contributed by atoms with van der Waals surface area (Å²) in [5.41, 5.74) is 5.68. The molecule has 0 atom stereocenters. The third kappa shape index (κ3) is 2.34. The molecule has 0 aliphatic carbocycles. The first-order valence-electron chi connectivity index (χ1n) is 5.20. The molecular weight excluding hydrogens is 264 g/mol. The molecule has 0 aromatic carbocycles. The molecule has 4 heterocycles. The first kappa shape index (κ1) is 11.2. The van der Waals surface area contributed by atoms with Gasteiger partial charge < -0.3 is 0 Å². The lowest BCUT2D eigenvalue weighted by Crippen LogP contribution is -1.67. The van der Waals surface area contributed by atoms with Crippen LogP contribution in [0.1, 0.15) is 0 Å². The zero-order chi connectivity index (χ0) is 12.2. The van der Waals surface area contributed by atoms with Gasteiger partial charge in [-0.05, 0) is 12.1 Å². The van der Waals surface area contributed by atoms with Crippen LogP contribution in [0.2, 0.25) is 0 Å². The molecule has 0 N–H and O–H groups in total. The minimum absolute atomic E-state index is 0.988. The van der Waals surface area contributed by atoms with Crippen molar-refractivity contribution in [3.05, 3.63) is 47.9 Å². The van der Waals surface area contributed by atoms with E-state index in [0.717, 1.165) is 15.7 Å². The molecule has 0 aliphatic heterocycles. The van der Waals surface area contributed by atoms with Crippen LogP contribution in [-0.2, 0) is 0 Å². The molecule has 0 saturated heterocycles. The van der Waals surface area contributed by atoms with Crippen molar-refractivity contribution in [2.45, 2.75) is 0 Å². The first-order valence-corrected chi connectivity index (χ1v) is 6.96. The Labute approximate surface area is 111 Å².